The molecule has 1 aliphatic rings. The van der Waals surface area contributed by atoms with Gasteiger partial charge < -0.3 is 10.2 Å². The molecule has 2 atom stereocenters. The highest BCUT2D eigenvalue weighted by molar-refractivity contribution is 7.89. The average molecular weight is 300 g/mol. The van der Waals surface area contributed by atoms with E-state index in [4.69, 9.17) is 5.11 Å². The lowest BCUT2D eigenvalue weighted by Crippen LogP contribution is -2.42. The van der Waals surface area contributed by atoms with Crippen molar-refractivity contribution in [1.29, 1.82) is 0 Å². The fourth-order valence-corrected chi connectivity index (χ4v) is 3.92. The maximum absolute atomic E-state index is 12.2. The molecular weight excluding hydrogens is 284 g/mol. The van der Waals surface area contributed by atoms with Crippen LogP contribution in [0.5, 0.6) is 0 Å². The Kier molecular flexibility index (Phi) is 4.36. The normalized spacial score (nSPS) is 23.9. The highest BCUT2D eigenvalue weighted by Crippen LogP contribution is 2.22. The quantitative estimate of drug-likeness (QED) is 0.757. The summed E-state index contributed by atoms with van der Waals surface area (Å²) in [6.45, 7) is -0.157. The summed E-state index contributed by atoms with van der Waals surface area (Å²) in [6.07, 6.45) is 2.43. The number of aromatic nitrogens is 1. The number of aliphatic hydroxyl groups excluding tert-OH is 1. The lowest BCUT2D eigenvalue weighted by atomic mass is 10.2. The summed E-state index contributed by atoms with van der Waals surface area (Å²) >= 11 is 0. The van der Waals surface area contributed by atoms with Gasteiger partial charge in [-0.3, -0.25) is 9.78 Å². The highest BCUT2D eigenvalue weighted by atomic mass is 32.2. The summed E-state index contributed by atoms with van der Waals surface area (Å²) in [4.78, 5) is 14.9. The van der Waals surface area contributed by atoms with Crippen LogP contribution >= 0.6 is 0 Å². The second kappa shape index (κ2) is 5.86. The van der Waals surface area contributed by atoms with Gasteiger partial charge in [0, 0.05) is 25.4 Å². The van der Waals surface area contributed by atoms with Crippen molar-refractivity contribution in [3.63, 3.8) is 0 Å². The fourth-order valence-electron chi connectivity index (χ4n) is 2.23. The van der Waals surface area contributed by atoms with Crippen molar-refractivity contribution >= 4 is 16.0 Å². The molecular formula is C12H16N2O5S. The Hall–Kier alpha value is -1.51. The predicted octanol–water partition coefficient (Wildman–Crippen LogP) is -0.526. The van der Waals surface area contributed by atoms with Crippen LogP contribution < -0.4 is 0 Å². The van der Waals surface area contributed by atoms with Gasteiger partial charge in [0.15, 0.2) is 0 Å². The molecule has 110 valence electrons. The third-order valence-corrected chi connectivity index (χ3v) is 5.11. The number of pyridine rings is 1. The van der Waals surface area contributed by atoms with Crippen molar-refractivity contribution in [1.82, 2.24) is 9.29 Å². The van der Waals surface area contributed by atoms with Crippen LogP contribution in [-0.4, -0.2) is 58.3 Å². The zero-order valence-electron chi connectivity index (χ0n) is 10.7. The van der Waals surface area contributed by atoms with E-state index in [1.54, 1.807) is 24.5 Å². The van der Waals surface area contributed by atoms with Gasteiger partial charge in [-0.05, 0) is 24.1 Å². The highest BCUT2D eigenvalue weighted by Gasteiger charge is 2.42. The molecule has 1 aliphatic heterocycles. The number of carbonyl (C=O) groups is 1. The number of sulfonamides is 1. The molecule has 20 heavy (non-hydrogen) atoms. The molecule has 1 aromatic rings. The first kappa shape index (κ1) is 14.9. The number of aliphatic carboxylic acids is 1. The molecule has 0 aliphatic carbocycles. The molecule has 0 saturated carbocycles. The van der Waals surface area contributed by atoms with E-state index in [2.05, 4.69) is 4.98 Å². The molecule has 2 heterocycles. The Morgan fingerprint density at radius 1 is 1.40 bits per heavy atom. The summed E-state index contributed by atoms with van der Waals surface area (Å²) in [5, 5.41) is 18.5. The molecule has 0 aromatic carbocycles. The smallest absolute Gasteiger partial charge is 0.322 e. The Morgan fingerprint density at radius 2 is 2.05 bits per heavy atom. The van der Waals surface area contributed by atoms with Crippen molar-refractivity contribution in [3.05, 3.63) is 30.1 Å². The molecule has 0 spiro atoms. The van der Waals surface area contributed by atoms with Gasteiger partial charge in [0.2, 0.25) is 10.0 Å². The van der Waals surface area contributed by atoms with Gasteiger partial charge in [-0.15, -0.1) is 0 Å². The summed E-state index contributed by atoms with van der Waals surface area (Å²) in [7, 11) is -3.71. The largest absolute Gasteiger partial charge is 0.480 e. The van der Waals surface area contributed by atoms with Crippen molar-refractivity contribution < 1.29 is 23.4 Å². The fraction of sp³-hybridized carbons (Fsp3) is 0.500. The number of aliphatic hydroxyl groups is 1. The van der Waals surface area contributed by atoms with Gasteiger partial charge >= 0.3 is 5.97 Å². The molecule has 2 rings (SSSR count). The summed E-state index contributed by atoms with van der Waals surface area (Å²) in [6, 6.07) is 2.25. The lowest BCUT2D eigenvalue weighted by molar-refractivity contribution is -0.140. The SMILES string of the molecule is O=C(O)[C@H]1C[C@@H](O)CN1S(=O)(=O)CCc1ccncc1. The number of hydrogen-bond acceptors (Lipinski definition) is 5. The molecule has 0 unspecified atom stereocenters. The second-order valence-electron chi connectivity index (χ2n) is 4.73. The number of β-amino-alcohol motifs (C(OH)–C–C–N with tert-alkyl or cyclic N) is 1. The maximum Gasteiger partial charge on any atom is 0.322 e. The third-order valence-electron chi connectivity index (χ3n) is 3.27. The van der Waals surface area contributed by atoms with Gasteiger partial charge in [-0.1, -0.05) is 0 Å². The number of aryl methyl sites for hydroxylation is 1. The molecule has 1 fully saturated rings. The standard InChI is InChI=1S/C12H16N2O5S/c15-10-7-11(12(16)17)14(8-10)20(18,19)6-3-9-1-4-13-5-2-9/h1-2,4-5,10-11,15H,3,6-8H2,(H,16,17)/t10-,11-/m1/s1. The van der Waals surface area contributed by atoms with Gasteiger partial charge in [-0.25, -0.2) is 8.42 Å². The molecule has 1 saturated heterocycles. The van der Waals surface area contributed by atoms with Crippen molar-refractivity contribution in [2.45, 2.75) is 25.0 Å². The van der Waals surface area contributed by atoms with Crippen LogP contribution in [0.2, 0.25) is 0 Å². The number of carboxylic acid groups (broad SMARTS) is 1. The first-order valence-electron chi connectivity index (χ1n) is 6.19. The van der Waals surface area contributed by atoms with Crippen LogP contribution in [0.1, 0.15) is 12.0 Å². The minimum atomic E-state index is -3.71. The topological polar surface area (TPSA) is 108 Å². The molecule has 0 amide bonds. The first-order chi connectivity index (χ1) is 9.40. The average Bonchev–Trinajstić information content (AvgIpc) is 2.81. The van der Waals surface area contributed by atoms with Gasteiger partial charge in [0.05, 0.1) is 11.9 Å². The van der Waals surface area contributed by atoms with Gasteiger partial charge in [0.25, 0.3) is 0 Å². The van der Waals surface area contributed by atoms with E-state index in [0.29, 0.717) is 0 Å². The zero-order chi connectivity index (χ0) is 14.8. The zero-order valence-corrected chi connectivity index (χ0v) is 11.5. The third kappa shape index (κ3) is 3.33. The summed E-state index contributed by atoms with van der Waals surface area (Å²) in [5.74, 6) is -1.41. The van der Waals surface area contributed by atoms with E-state index in [1.165, 1.54) is 0 Å². The van der Waals surface area contributed by atoms with Crippen LogP contribution in [0.25, 0.3) is 0 Å². The molecule has 0 bridgehead atoms. The van der Waals surface area contributed by atoms with Crippen LogP contribution in [0, 0.1) is 0 Å². The van der Waals surface area contributed by atoms with Crippen LogP contribution in [0.4, 0.5) is 0 Å². The van der Waals surface area contributed by atoms with Crippen LogP contribution in [0.3, 0.4) is 0 Å². The number of rotatable bonds is 5. The Balaban J connectivity index is 2.08. The lowest BCUT2D eigenvalue weighted by Gasteiger charge is -2.20. The number of hydrogen-bond donors (Lipinski definition) is 2. The van der Waals surface area contributed by atoms with E-state index >= 15 is 0 Å². The van der Waals surface area contributed by atoms with E-state index < -0.39 is 28.1 Å². The molecule has 7 nitrogen and oxygen atoms in total. The van der Waals surface area contributed by atoms with Gasteiger partial charge in [0.1, 0.15) is 6.04 Å². The summed E-state index contributed by atoms with van der Waals surface area (Å²) in [5.41, 5.74) is 0.815. The second-order valence-corrected chi connectivity index (χ2v) is 6.78. The predicted molar refractivity (Wildman–Crippen MR) is 70.5 cm³/mol. The maximum atomic E-state index is 12.2. The Morgan fingerprint density at radius 3 is 2.65 bits per heavy atom. The minimum absolute atomic E-state index is 0.0657. The van der Waals surface area contributed by atoms with E-state index in [1.807, 2.05) is 0 Å². The van der Waals surface area contributed by atoms with E-state index in [0.717, 1.165) is 9.87 Å². The summed E-state index contributed by atoms with van der Waals surface area (Å²) < 4.78 is 25.3. The Bertz CT molecular complexity index is 575. The minimum Gasteiger partial charge on any atom is -0.480 e. The van der Waals surface area contributed by atoms with Crippen molar-refractivity contribution in [3.8, 4) is 0 Å². The van der Waals surface area contributed by atoms with Crippen LogP contribution in [0.15, 0.2) is 24.5 Å². The number of nitrogens with zero attached hydrogens (tertiary/aromatic N) is 2. The van der Waals surface area contributed by atoms with Crippen LogP contribution in [-0.2, 0) is 21.2 Å². The van der Waals surface area contributed by atoms with E-state index in [9.17, 15) is 18.3 Å². The first-order valence-corrected chi connectivity index (χ1v) is 7.80. The molecule has 1 aromatic heterocycles. The molecule has 0 radical (unpaired) electrons. The van der Waals surface area contributed by atoms with Crippen molar-refractivity contribution in [2.24, 2.45) is 0 Å². The van der Waals surface area contributed by atoms with Gasteiger partial charge in [-0.2, -0.15) is 4.31 Å². The Labute approximate surface area is 116 Å². The number of carboxylic acids is 1. The monoisotopic (exact) mass is 300 g/mol. The van der Waals surface area contributed by atoms with Crippen molar-refractivity contribution in [2.75, 3.05) is 12.3 Å². The molecule has 2 N–H and O–H groups in total. The molecule has 8 heteroatoms. The van der Waals surface area contributed by atoms with E-state index in [-0.39, 0.29) is 25.1 Å².